The second kappa shape index (κ2) is 6.93. The molecule has 1 aliphatic carbocycles. The number of nitrogens with one attached hydrogen (secondary N) is 1. The molecule has 0 unspecified atom stereocenters. The van der Waals surface area contributed by atoms with Crippen molar-refractivity contribution in [3.05, 3.63) is 75.5 Å². The highest BCUT2D eigenvalue weighted by molar-refractivity contribution is 9.10. The first-order valence-electron chi connectivity index (χ1n) is 8.99. The monoisotopic (exact) mass is 424 g/mol. The minimum atomic E-state index is -0.438. The van der Waals surface area contributed by atoms with Crippen LogP contribution in [-0.4, -0.2) is 20.7 Å². The number of halogens is 1. The van der Waals surface area contributed by atoms with Gasteiger partial charge in [-0.1, -0.05) is 57.4 Å². The van der Waals surface area contributed by atoms with Gasteiger partial charge < -0.3 is 0 Å². The summed E-state index contributed by atoms with van der Waals surface area (Å²) in [7, 11) is 0. The van der Waals surface area contributed by atoms with Crippen LogP contribution in [0.2, 0.25) is 0 Å². The minimum absolute atomic E-state index is 0.0206. The summed E-state index contributed by atoms with van der Waals surface area (Å²) in [5.41, 5.74) is 4.13. The summed E-state index contributed by atoms with van der Waals surface area (Å²) in [5, 5.41) is 7.31. The zero-order valence-corrected chi connectivity index (χ0v) is 17.0. The van der Waals surface area contributed by atoms with Crippen molar-refractivity contribution in [3.8, 4) is 0 Å². The van der Waals surface area contributed by atoms with E-state index in [-0.39, 0.29) is 5.91 Å². The highest BCUT2D eigenvalue weighted by Crippen LogP contribution is 2.49. The van der Waals surface area contributed by atoms with E-state index in [0.717, 1.165) is 28.4 Å². The van der Waals surface area contributed by atoms with Crippen molar-refractivity contribution in [1.82, 2.24) is 14.8 Å². The van der Waals surface area contributed by atoms with Crippen molar-refractivity contribution in [1.29, 1.82) is 0 Å². The van der Waals surface area contributed by atoms with E-state index >= 15 is 0 Å². The molecule has 1 N–H and O–H groups in total. The number of hydrogen-bond acceptors (Lipinski definition) is 3. The fraction of sp³-hybridized carbons (Fsp3) is 0.286. The molecule has 1 saturated carbocycles. The number of anilines is 1. The van der Waals surface area contributed by atoms with Crippen molar-refractivity contribution in [2.24, 2.45) is 0 Å². The molecule has 0 spiro atoms. The molecule has 6 heteroatoms. The molecule has 0 aliphatic heterocycles. The number of rotatable bonds is 5. The molecule has 4 rings (SSSR count). The zero-order chi connectivity index (χ0) is 19.0. The molecule has 5 nitrogen and oxygen atoms in total. The molecule has 0 bridgehead atoms. The maximum Gasteiger partial charge on any atom is 0.248 e. The average Bonchev–Trinajstić information content (AvgIpc) is 3.31. The Morgan fingerprint density at radius 1 is 1.19 bits per heavy atom. The van der Waals surface area contributed by atoms with Crippen LogP contribution in [0.25, 0.3) is 0 Å². The largest absolute Gasteiger partial charge is 0.292 e. The predicted molar refractivity (Wildman–Crippen MR) is 109 cm³/mol. The van der Waals surface area contributed by atoms with Crippen LogP contribution in [0.4, 0.5) is 5.95 Å². The molecule has 0 radical (unpaired) electrons. The number of benzene rings is 2. The summed E-state index contributed by atoms with van der Waals surface area (Å²) in [6.45, 7) is 4.73. The minimum Gasteiger partial charge on any atom is -0.292 e. The lowest BCUT2D eigenvalue weighted by molar-refractivity contribution is -0.118. The molecule has 27 heavy (non-hydrogen) atoms. The van der Waals surface area contributed by atoms with Crippen LogP contribution < -0.4 is 5.32 Å². The lowest BCUT2D eigenvalue weighted by Crippen LogP contribution is -2.28. The quantitative estimate of drug-likeness (QED) is 0.660. The zero-order valence-electron chi connectivity index (χ0n) is 15.4. The fourth-order valence-electron chi connectivity index (χ4n) is 3.49. The molecule has 1 fully saturated rings. The van der Waals surface area contributed by atoms with Crippen molar-refractivity contribution in [2.75, 3.05) is 5.32 Å². The topological polar surface area (TPSA) is 59.8 Å². The SMILES string of the molecule is Cc1cc(C)cc(C2(C(=O)Nc3ncn(Cc4cccc(Br)c4)n3)CC2)c1. The number of amides is 1. The molecule has 1 amide bonds. The molecule has 2 aromatic carbocycles. The van der Waals surface area contributed by atoms with E-state index in [9.17, 15) is 4.79 Å². The maximum atomic E-state index is 12.9. The lowest BCUT2D eigenvalue weighted by atomic mass is 9.92. The Balaban J connectivity index is 1.48. The van der Waals surface area contributed by atoms with E-state index < -0.39 is 5.41 Å². The summed E-state index contributed by atoms with van der Waals surface area (Å²) >= 11 is 3.47. The lowest BCUT2D eigenvalue weighted by Gasteiger charge is -2.16. The van der Waals surface area contributed by atoms with Crippen LogP contribution in [0.3, 0.4) is 0 Å². The van der Waals surface area contributed by atoms with Gasteiger partial charge in [-0.25, -0.2) is 9.67 Å². The van der Waals surface area contributed by atoms with Gasteiger partial charge in [-0.05, 0) is 49.9 Å². The molecule has 0 atom stereocenters. The molecule has 0 saturated heterocycles. The van der Waals surface area contributed by atoms with E-state index in [1.54, 1.807) is 11.0 Å². The van der Waals surface area contributed by atoms with Gasteiger partial charge in [-0.2, -0.15) is 0 Å². The van der Waals surface area contributed by atoms with E-state index in [1.165, 1.54) is 11.1 Å². The van der Waals surface area contributed by atoms with Crippen LogP contribution in [0.1, 0.15) is 35.1 Å². The van der Waals surface area contributed by atoms with Gasteiger partial charge >= 0.3 is 0 Å². The molecular weight excluding hydrogens is 404 g/mol. The average molecular weight is 425 g/mol. The normalized spacial score (nSPS) is 14.8. The summed E-state index contributed by atoms with van der Waals surface area (Å²) in [5.74, 6) is 0.332. The van der Waals surface area contributed by atoms with Gasteiger partial charge in [0.05, 0.1) is 12.0 Å². The third kappa shape index (κ3) is 3.81. The van der Waals surface area contributed by atoms with E-state index in [2.05, 4.69) is 63.4 Å². The Hall–Kier alpha value is -2.47. The number of carbonyl (C=O) groups excluding carboxylic acids is 1. The van der Waals surface area contributed by atoms with E-state index in [4.69, 9.17) is 0 Å². The van der Waals surface area contributed by atoms with Crippen LogP contribution in [0, 0.1) is 13.8 Å². The summed E-state index contributed by atoms with van der Waals surface area (Å²) in [6.07, 6.45) is 3.37. The number of aromatic nitrogens is 3. The van der Waals surface area contributed by atoms with Gasteiger partial charge in [0.15, 0.2) is 0 Å². The maximum absolute atomic E-state index is 12.9. The van der Waals surface area contributed by atoms with Crippen LogP contribution in [0.15, 0.2) is 53.3 Å². The van der Waals surface area contributed by atoms with Gasteiger partial charge in [0, 0.05) is 4.47 Å². The second-order valence-corrected chi connectivity index (χ2v) is 8.22. The van der Waals surface area contributed by atoms with Crippen LogP contribution in [0.5, 0.6) is 0 Å². The van der Waals surface area contributed by atoms with Crippen molar-refractivity contribution >= 4 is 27.8 Å². The fourth-order valence-corrected chi connectivity index (χ4v) is 3.94. The standard InChI is InChI=1S/C21H21BrN4O/c1-14-8-15(2)10-17(9-14)21(6-7-21)19(27)24-20-23-13-26(25-20)12-16-4-3-5-18(22)11-16/h3-5,8-11,13H,6-7,12H2,1-2H3,(H,24,25,27). The third-order valence-electron chi connectivity index (χ3n) is 4.95. The third-order valence-corrected chi connectivity index (χ3v) is 5.45. The molecule has 1 aliphatic rings. The summed E-state index contributed by atoms with van der Waals surface area (Å²) in [4.78, 5) is 17.2. The molecular formula is C21H21BrN4O. The van der Waals surface area contributed by atoms with Crippen LogP contribution in [-0.2, 0) is 16.8 Å². The van der Waals surface area contributed by atoms with Gasteiger partial charge in [0.1, 0.15) is 6.33 Å². The summed E-state index contributed by atoms with van der Waals surface area (Å²) < 4.78 is 2.76. The second-order valence-electron chi connectivity index (χ2n) is 7.31. The Morgan fingerprint density at radius 2 is 1.93 bits per heavy atom. The van der Waals surface area contributed by atoms with Gasteiger partial charge in [-0.15, -0.1) is 5.10 Å². The first-order chi connectivity index (χ1) is 12.9. The van der Waals surface area contributed by atoms with Crippen molar-refractivity contribution in [2.45, 2.75) is 38.6 Å². The Labute approximate surface area is 167 Å². The summed E-state index contributed by atoms with van der Waals surface area (Å²) in [6, 6.07) is 14.4. The van der Waals surface area contributed by atoms with E-state index in [0.29, 0.717) is 12.5 Å². The molecule has 1 aromatic heterocycles. The van der Waals surface area contributed by atoms with Gasteiger partial charge in [0.2, 0.25) is 11.9 Å². The highest BCUT2D eigenvalue weighted by Gasteiger charge is 2.51. The van der Waals surface area contributed by atoms with Crippen molar-refractivity contribution in [3.63, 3.8) is 0 Å². The Kier molecular flexibility index (Phi) is 4.60. The number of nitrogens with zero attached hydrogens (tertiary/aromatic N) is 3. The predicted octanol–water partition coefficient (Wildman–Crippen LogP) is 4.38. The van der Waals surface area contributed by atoms with Gasteiger partial charge in [0.25, 0.3) is 0 Å². The number of aryl methyl sites for hydroxylation is 2. The smallest absolute Gasteiger partial charge is 0.248 e. The highest BCUT2D eigenvalue weighted by atomic mass is 79.9. The Morgan fingerprint density at radius 3 is 2.59 bits per heavy atom. The molecule has 138 valence electrons. The first-order valence-corrected chi connectivity index (χ1v) is 9.78. The van der Waals surface area contributed by atoms with Crippen LogP contribution >= 0.6 is 15.9 Å². The molecule has 1 heterocycles. The number of carbonyl (C=O) groups is 1. The van der Waals surface area contributed by atoms with Gasteiger partial charge in [-0.3, -0.25) is 10.1 Å². The number of hydrogen-bond donors (Lipinski definition) is 1. The molecule has 3 aromatic rings. The Bertz CT molecular complexity index is 987. The van der Waals surface area contributed by atoms with E-state index in [1.807, 2.05) is 24.3 Å². The first kappa shape index (κ1) is 17.9. The van der Waals surface area contributed by atoms with Crippen molar-refractivity contribution < 1.29 is 4.79 Å².